The van der Waals surface area contributed by atoms with Crippen molar-refractivity contribution in [3.05, 3.63) is 66.9 Å². The van der Waals surface area contributed by atoms with Crippen molar-refractivity contribution in [3.8, 4) is 5.95 Å². The smallest absolute Gasteiger partial charge is 0.285 e. The second-order valence-corrected chi connectivity index (χ2v) is 8.97. The quantitative estimate of drug-likeness (QED) is 0.176. The van der Waals surface area contributed by atoms with Crippen LogP contribution >= 0.6 is 0 Å². The number of fused-ring (bicyclic) bond motifs is 9. The van der Waals surface area contributed by atoms with E-state index in [2.05, 4.69) is 61.5 Å². The van der Waals surface area contributed by atoms with Crippen LogP contribution in [-0.2, 0) is 0 Å². The van der Waals surface area contributed by atoms with E-state index in [1.54, 1.807) is 6.26 Å². The Balaban J connectivity index is 1.34. The Hall–Kier alpha value is -3.46. The Bertz CT molecular complexity index is 1580. The third-order valence-electron chi connectivity index (χ3n) is 6.84. The van der Waals surface area contributed by atoms with Gasteiger partial charge in [-0.15, -0.1) is 0 Å². The molecule has 0 spiro atoms. The molecule has 0 N–H and O–H groups in total. The Morgan fingerprint density at radius 3 is 1.88 bits per heavy atom. The minimum atomic E-state index is 0.618. The number of ether oxygens (including phenoxy) is 1. The molecule has 2 heterocycles. The second kappa shape index (κ2) is 8.47. The van der Waals surface area contributed by atoms with Crippen LogP contribution in [0.25, 0.3) is 54.3 Å². The van der Waals surface area contributed by atoms with E-state index in [-0.39, 0.29) is 0 Å². The molecule has 6 aromatic rings. The number of hydrogen-bond acceptors (Lipinski definition) is 3. The van der Waals surface area contributed by atoms with Gasteiger partial charge in [0.15, 0.2) is 0 Å². The lowest BCUT2D eigenvalue weighted by atomic mass is 9.95. The molecule has 3 nitrogen and oxygen atoms in total. The lowest BCUT2D eigenvalue weighted by molar-refractivity contribution is 0.242. The topological polar surface area (TPSA) is 35.5 Å². The summed E-state index contributed by atoms with van der Waals surface area (Å²) in [5.74, 6) is 0.618. The highest BCUT2D eigenvalue weighted by Crippen LogP contribution is 2.38. The number of hydrogen-bond donors (Lipinski definition) is 0. The van der Waals surface area contributed by atoms with Gasteiger partial charge in [-0.3, -0.25) is 0 Å². The summed E-state index contributed by atoms with van der Waals surface area (Å²) in [5, 5.41) is 9.68. The molecule has 0 bridgehead atoms. The van der Waals surface area contributed by atoms with E-state index < -0.39 is 0 Å². The van der Waals surface area contributed by atoms with Gasteiger partial charge in [0.2, 0.25) is 0 Å². The van der Waals surface area contributed by atoms with E-state index in [0.717, 1.165) is 28.4 Å². The zero-order chi connectivity index (χ0) is 22.2. The molecule has 6 rings (SSSR count). The van der Waals surface area contributed by atoms with Crippen LogP contribution in [0.15, 0.2) is 75.8 Å². The summed E-state index contributed by atoms with van der Waals surface area (Å²) in [6, 6.07) is 21.5. The molecule has 0 saturated carbocycles. The fourth-order valence-corrected chi connectivity index (χ4v) is 5.11. The second-order valence-electron chi connectivity index (χ2n) is 8.97. The highest BCUT2D eigenvalue weighted by atomic mass is 16.6. The Kier molecular flexibility index (Phi) is 5.18. The molecule has 0 atom stereocenters. The zero-order valence-electron chi connectivity index (χ0n) is 19.0. The standard InChI is InChI=1S/C30H28O3/c1-2-3-4-5-6-7-17-32-30-19-27-25-11-9-20-21(23(25)13-15-29(27)33-30)8-10-24-22(20)12-14-28-26(24)16-18-31-28/h8-16,18-19H,2-7,17H2,1H3. The van der Waals surface area contributed by atoms with E-state index in [1.807, 2.05) is 6.07 Å². The molecule has 0 amide bonds. The van der Waals surface area contributed by atoms with Crippen molar-refractivity contribution >= 4 is 54.3 Å². The maximum absolute atomic E-state index is 6.01. The third kappa shape index (κ3) is 3.52. The van der Waals surface area contributed by atoms with E-state index >= 15 is 0 Å². The van der Waals surface area contributed by atoms with Crippen molar-refractivity contribution in [2.75, 3.05) is 6.61 Å². The molecule has 0 fully saturated rings. The fraction of sp³-hybridized carbons (Fsp3) is 0.267. The summed E-state index contributed by atoms with van der Waals surface area (Å²) in [6.45, 7) is 2.96. The SMILES string of the molecule is CCCCCCCCOc1cc2c(ccc3c2ccc2c4ccc5occc5c4ccc32)o1. The molecular formula is C30H28O3. The minimum Gasteiger partial charge on any atom is -0.465 e. The molecule has 0 unspecified atom stereocenters. The van der Waals surface area contributed by atoms with Crippen LogP contribution < -0.4 is 4.74 Å². The normalized spacial score (nSPS) is 12.0. The Morgan fingerprint density at radius 1 is 0.576 bits per heavy atom. The molecule has 3 heteroatoms. The largest absolute Gasteiger partial charge is 0.465 e. The third-order valence-corrected chi connectivity index (χ3v) is 6.84. The van der Waals surface area contributed by atoms with Gasteiger partial charge in [-0.2, -0.15) is 0 Å². The minimum absolute atomic E-state index is 0.618. The zero-order valence-corrected chi connectivity index (χ0v) is 19.0. The summed E-state index contributed by atoms with van der Waals surface area (Å²) in [6.07, 6.45) is 9.27. The molecule has 4 aromatic carbocycles. The summed E-state index contributed by atoms with van der Waals surface area (Å²) in [7, 11) is 0. The summed E-state index contributed by atoms with van der Waals surface area (Å²) in [5.41, 5.74) is 1.80. The van der Waals surface area contributed by atoms with Crippen molar-refractivity contribution in [1.82, 2.24) is 0 Å². The van der Waals surface area contributed by atoms with Gasteiger partial charge in [-0.25, -0.2) is 0 Å². The van der Waals surface area contributed by atoms with Crippen LogP contribution in [-0.4, -0.2) is 6.61 Å². The van der Waals surface area contributed by atoms with Gasteiger partial charge in [-0.05, 0) is 56.9 Å². The van der Waals surface area contributed by atoms with Crippen molar-refractivity contribution in [2.24, 2.45) is 0 Å². The highest BCUT2D eigenvalue weighted by molar-refractivity contribution is 6.24. The molecule has 33 heavy (non-hydrogen) atoms. The van der Waals surface area contributed by atoms with Gasteiger partial charge in [0.25, 0.3) is 5.95 Å². The first-order chi connectivity index (χ1) is 16.3. The van der Waals surface area contributed by atoms with Crippen LogP contribution in [0.3, 0.4) is 0 Å². The van der Waals surface area contributed by atoms with Gasteiger partial charge in [-0.1, -0.05) is 75.4 Å². The van der Waals surface area contributed by atoms with Gasteiger partial charge in [0.1, 0.15) is 11.2 Å². The molecule has 2 aromatic heterocycles. The molecule has 0 aliphatic carbocycles. The lowest BCUT2D eigenvalue weighted by Crippen LogP contribution is -1.95. The van der Waals surface area contributed by atoms with Crippen molar-refractivity contribution in [3.63, 3.8) is 0 Å². The van der Waals surface area contributed by atoms with Crippen LogP contribution in [0.5, 0.6) is 5.95 Å². The highest BCUT2D eigenvalue weighted by Gasteiger charge is 2.12. The van der Waals surface area contributed by atoms with Crippen LogP contribution in [0.4, 0.5) is 0 Å². The summed E-state index contributed by atoms with van der Waals surface area (Å²) >= 11 is 0. The predicted octanol–water partition coefficient (Wildman–Crippen LogP) is 9.38. The number of unbranched alkanes of at least 4 members (excludes halogenated alkanes) is 5. The maximum Gasteiger partial charge on any atom is 0.285 e. The molecule has 0 aliphatic heterocycles. The molecule has 0 aliphatic rings. The Labute approximate surface area is 192 Å². The maximum atomic E-state index is 6.01. The van der Waals surface area contributed by atoms with Crippen molar-refractivity contribution in [1.29, 1.82) is 0 Å². The van der Waals surface area contributed by atoms with E-state index in [9.17, 15) is 0 Å². The van der Waals surface area contributed by atoms with E-state index in [4.69, 9.17) is 13.6 Å². The number of benzene rings is 4. The van der Waals surface area contributed by atoms with Crippen LogP contribution in [0.1, 0.15) is 45.4 Å². The van der Waals surface area contributed by atoms with E-state index in [0.29, 0.717) is 12.6 Å². The summed E-state index contributed by atoms with van der Waals surface area (Å²) < 4.78 is 17.6. The first kappa shape index (κ1) is 20.2. The number of rotatable bonds is 8. The van der Waals surface area contributed by atoms with Crippen molar-refractivity contribution < 1.29 is 13.6 Å². The average molecular weight is 437 g/mol. The van der Waals surface area contributed by atoms with Crippen LogP contribution in [0.2, 0.25) is 0 Å². The van der Waals surface area contributed by atoms with Gasteiger partial charge in [0.05, 0.1) is 12.9 Å². The van der Waals surface area contributed by atoms with Gasteiger partial charge >= 0.3 is 0 Å². The van der Waals surface area contributed by atoms with Crippen LogP contribution in [0, 0.1) is 0 Å². The van der Waals surface area contributed by atoms with Gasteiger partial charge in [0, 0.05) is 16.8 Å². The Morgan fingerprint density at radius 2 is 1.15 bits per heavy atom. The molecule has 166 valence electrons. The van der Waals surface area contributed by atoms with E-state index in [1.165, 1.54) is 64.4 Å². The molecular weight excluding hydrogens is 408 g/mol. The average Bonchev–Trinajstić information content (AvgIpc) is 3.49. The first-order valence-corrected chi connectivity index (χ1v) is 12.1. The van der Waals surface area contributed by atoms with Crippen molar-refractivity contribution in [2.45, 2.75) is 45.4 Å². The van der Waals surface area contributed by atoms with Gasteiger partial charge < -0.3 is 13.6 Å². The molecule has 0 saturated heterocycles. The lowest BCUT2D eigenvalue weighted by Gasteiger charge is -2.08. The fourth-order valence-electron chi connectivity index (χ4n) is 5.11. The number of furan rings is 2. The summed E-state index contributed by atoms with van der Waals surface area (Å²) in [4.78, 5) is 0. The first-order valence-electron chi connectivity index (χ1n) is 12.1. The predicted molar refractivity (Wildman–Crippen MR) is 137 cm³/mol. The molecule has 0 radical (unpaired) electrons. The monoisotopic (exact) mass is 436 g/mol.